The van der Waals surface area contributed by atoms with E-state index >= 15 is 0 Å². The summed E-state index contributed by atoms with van der Waals surface area (Å²) in [5, 5.41) is 10.7. The minimum Gasteiger partial charge on any atom is -0.503 e. The van der Waals surface area contributed by atoms with E-state index in [1.165, 1.54) is 18.4 Å². The molecule has 2 aromatic rings. The number of carbonyl (C=O) groups is 2. The number of ether oxygens (including phenoxy) is 2. The zero-order chi connectivity index (χ0) is 23.2. The molecular formula is C25H28N2O6. The molecule has 33 heavy (non-hydrogen) atoms. The van der Waals surface area contributed by atoms with Crippen LogP contribution in [-0.2, 0) is 14.3 Å². The Hall–Kier alpha value is -3.36. The fraction of sp³-hybridized carbons (Fsp3) is 0.360. The van der Waals surface area contributed by atoms with Crippen molar-refractivity contribution in [2.45, 2.75) is 12.5 Å². The van der Waals surface area contributed by atoms with Crippen LogP contribution in [0.5, 0.6) is 5.75 Å². The van der Waals surface area contributed by atoms with Gasteiger partial charge in [-0.15, -0.1) is 0 Å². The van der Waals surface area contributed by atoms with Gasteiger partial charge in [-0.25, -0.2) is 0 Å². The molecule has 3 heterocycles. The van der Waals surface area contributed by atoms with Gasteiger partial charge in [0.15, 0.2) is 11.5 Å². The van der Waals surface area contributed by atoms with Crippen molar-refractivity contribution in [3.63, 3.8) is 0 Å². The van der Waals surface area contributed by atoms with Crippen molar-refractivity contribution in [3.05, 3.63) is 71.4 Å². The Bertz CT molecular complexity index is 1040. The fourth-order valence-electron chi connectivity index (χ4n) is 4.22. The molecule has 8 nitrogen and oxygen atoms in total. The Balaban J connectivity index is 1.58. The van der Waals surface area contributed by atoms with Gasteiger partial charge in [0.25, 0.3) is 5.91 Å². The van der Waals surface area contributed by atoms with Crippen LogP contribution in [0.15, 0.2) is 64.5 Å². The quantitative estimate of drug-likeness (QED) is 0.585. The molecule has 1 aromatic carbocycles. The summed E-state index contributed by atoms with van der Waals surface area (Å²) >= 11 is 0. The monoisotopic (exact) mass is 452 g/mol. The van der Waals surface area contributed by atoms with Crippen LogP contribution in [0.25, 0.3) is 6.08 Å². The molecule has 1 atom stereocenters. The van der Waals surface area contributed by atoms with E-state index in [0.717, 1.165) is 19.6 Å². The number of furan rings is 1. The number of morpholine rings is 1. The third-order valence-electron chi connectivity index (χ3n) is 5.90. The lowest BCUT2D eigenvalue weighted by Gasteiger charge is -2.30. The van der Waals surface area contributed by atoms with Gasteiger partial charge in [0.05, 0.1) is 38.2 Å². The Morgan fingerprint density at radius 3 is 2.76 bits per heavy atom. The summed E-state index contributed by atoms with van der Waals surface area (Å²) < 4.78 is 16.0. The van der Waals surface area contributed by atoms with Crippen LogP contribution < -0.4 is 4.74 Å². The Kier molecular flexibility index (Phi) is 7.26. The number of nitrogens with zero attached hydrogens (tertiary/aromatic N) is 2. The first kappa shape index (κ1) is 22.8. The van der Waals surface area contributed by atoms with Gasteiger partial charge < -0.3 is 23.9 Å². The first-order valence-corrected chi connectivity index (χ1v) is 11.0. The Labute approximate surface area is 192 Å². The summed E-state index contributed by atoms with van der Waals surface area (Å²) in [5.74, 6) is -0.380. The van der Waals surface area contributed by atoms with Gasteiger partial charge in [0.1, 0.15) is 11.5 Å². The largest absolute Gasteiger partial charge is 0.503 e. The third-order valence-corrected chi connectivity index (χ3v) is 5.90. The summed E-state index contributed by atoms with van der Waals surface area (Å²) in [6.45, 7) is 4.34. The Morgan fingerprint density at radius 1 is 1.21 bits per heavy atom. The van der Waals surface area contributed by atoms with Crippen LogP contribution in [0.1, 0.15) is 23.8 Å². The molecular weight excluding hydrogens is 424 g/mol. The molecule has 0 spiro atoms. The van der Waals surface area contributed by atoms with Crippen molar-refractivity contribution >= 4 is 17.8 Å². The first-order valence-electron chi connectivity index (χ1n) is 11.0. The predicted molar refractivity (Wildman–Crippen MR) is 122 cm³/mol. The lowest BCUT2D eigenvalue weighted by Crippen LogP contribution is -2.39. The molecule has 2 aliphatic rings. The van der Waals surface area contributed by atoms with Crippen molar-refractivity contribution in [1.82, 2.24) is 9.80 Å². The van der Waals surface area contributed by atoms with E-state index in [1.54, 1.807) is 42.3 Å². The van der Waals surface area contributed by atoms with Crippen molar-refractivity contribution < 1.29 is 28.6 Å². The van der Waals surface area contributed by atoms with Gasteiger partial charge >= 0.3 is 0 Å². The second kappa shape index (κ2) is 10.5. The maximum absolute atomic E-state index is 13.1. The van der Waals surface area contributed by atoms with E-state index in [-0.39, 0.29) is 5.57 Å². The predicted octanol–water partition coefficient (Wildman–Crippen LogP) is 2.99. The van der Waals surface area contributed by atoms with Crippen LogP contribution in [-0.4, -0.2) is 73.1 Å². The number of amides is 1. The maximum Gasteiger partial charge on any atom is 0.290 e. The number of methoxy groups -OCH3 is 1. The van der Waals surface area contributed by atoms with Gasteiger partial charge in [0, 0.05) is 26.2 Å². The number of hydrogen-bond acceptors (Lipinski definition) is 7. The molecule has 1 amide bonds. The number of carbonyl (C=O) groups excluding carboxylic acids is 2. The molecule has 1 fully saturated rings. The topological polar surface area (TPSA) is 92.5 Å². The summed E-state index contributed by atoms with van der Waals surface area (Å²) in [6.07, 6.45) is 5.07. The van der Waals surface area contributed by atoms with E-state index in [4.69, 9.17) is 13.9 Å². The van der Waals surface area contributed by atoms with Crippen LogP contribution in [0, 0.1) is 0 Å². The molecule has 4 rings (SSSR count). The summed E-state index contributed by atoms with van der Waals surface area (Å²) in [5.41, 5.74) is 0.760. The molecule has 0 bridgehead atoms. The van der Waals surface area contributed by atoms with E-state index in [0.29, 0.717) is 43.3 Å². The number of aliphatic hydroxyl groups is 1. The number of allylic oxidation sites excluding steroid dienone is 1. The van der Waals surface area contributed by atoms with Crippen LogP contribution in [0.4, 0.5) is 0 Å². The molecule has 1 aromatic heterocycles. The smallest absolute Gasteiger partial charge is 0.290 e. The second-order valence-corrected chi connectivity index (χ2v) is 7.96. The first-order chi connectivity index (χ1) is 16.1. The van der Waals surface area contributed by atoms with Crippen LogP contribution >= 0.6 is 0 Å². The highest BCUT2D eigenvalue weighted by atomic mass is 16.5. The SMILES string of the molecule is COc1cccc([C@H]2C(C(=O)/C=C/c3ccco3)=C(O)C(=O)N2CCCN2CCOCC2)c1. The number of ketones is 1. The molecule has 2 aliphatic heterocycles. The second-order valence-electron chi connectivity index (χ2n) is 7.96. The molecule has 8 heteroatoms. The van der Waals surface area contributed by atoms with Gasteiger partial charge in [0.2, 0.25) is 0 Å². The lowest BCUT2D eigenvalue weighted by atomic mass is 9.95. The normalized spacial score (nSPS) is 19.6. The Morgan fingerprint density at radius 2 is 2.03 bits per heavy atom. The molecule has 0 unspecified atom stereocenters. The molecule has 0 saturated carbocycles. The molecule has 0 radical (unpaired) electrons. The molecule has 1 saturated heterocycles. The summed E-state index contributed by atoms with van der Waals surface area (Å²) in [6, 6.07) is 9.95. The lowest BCUT2D eigenvalue weighted by molar-refractivity contribution is -0.129. The van der Waals surface area contributed by atoms with Crippen molar-refractivity contribution in [3.8, 4) is 5.75 Å². The molecule has 1 N–H and O–H groups in total. The van der Waals surface area contributed by atoms with E-state index in [9.17, 15) is 14.7 Å². The van der Waals surface area contributed by atoms with E-state index in [1.807, 2.05) is 6.07 Å². The van der Waals surface area contributed by atoms with Gasteiger partial charge in [-0.05, 0) is 48.4 Å². The third kappa shape index (κ3) is 5.18. The standard InChI is InChI=1S/C25H28N2O6/c1-31-20-6-2-5-18(17-20)23-22(21(28)9-8-19-7-3-14-33-19)24(29)25(30)27(23)11-4-10-26-12-15-32-16-13-26/h2-3,5-9,14,17,23,29H,4,10-13,15-16H2,1H3/b9-8+/t23-/m0/s1. The van der Waals surface area contributed by atoms with Gasteiger partial charge in [-0.1, -0.05) is 12.1 Å². The zero-order valence-electron chi connectivity index (χ0n) is 18.6. The highest BCUT2D eigenvalue weighted by Crippen LogP contribution is 2.39. The zero-order valence-corrected chi connectivity index (χ0v) is 18.6. The average Bonchev–Trinajstić information content (AvgIpc) is 3.45. The minimum atomic E-state index is -0.703. The number of rotatable bonds is 9. The van der Waals surface area contributed by atoms with Gasteiger partial charge in [-0.2, -0.15) is 0 Å². The van der Waals surface area contributed by atoms with Crippen molar-refractivity contribution in [2.75, 3.05) is 46.5 Å². The fourth-order valence-corrected chi connectivity index (χ4v) is 4.22. The summed E-state index contributed by atoms with van der Waals surface area (Å²) in [7, 11) is 1.56. The summed E-state index contributed by atoms with van der Waals surface area (Å²) in [4.78, 5) is 30.0. The van der Waals surface area contributed by atoms with Gasteiger partial charge in [-0.3, -0.25) is 14.5 Å². The highest BCUT2D eigenvalue weighted by Gasteiger charge is 2.42. The van der Waals surface area contributed by atoms with Crippen LogP contribution in [0.3, 0.4) is 0 Å². The van der Waals surface area contributed by atoms with E-state index < -0.39 is 23.5 Å². The maximum atomic E-state index is 13.1. The molecule has 0 aliphatic carbocycles. The number of hydrogen-bond donors (Lipinski definition) is 1. The van der Waals surface area contributed by atoms with Crippen LogP contribution in [0.2, 0.25) is 0 Å². The average molecular weight is 453 g/mol. The molecule has 174 valence electrons. The van der Waals surface area contributed by atoms with E-state index in [2.05, 4.69) is 4.90 Å². The minimum absolute atomic E-state index is 0.0578. The van der Waals surface area contributed by atoms with Crippen molar-refractivity contribution in [2.24, 2.45) is 0 Å². The number of aliphatic hydroxyl groups excluding tert-OH is 1. The van der Waals surface area contributed by atoms with Crippen molar-refractivity contribution in [1.29, 1.82) is 0 Å². The highest BCUT2D eigenvalue weighted by molar-refractivity contribution is 6.14. The number of benzene rings is 1.